The predicted molar refractivity (Wildman–Crippen MR) is 47.9 cm³/mol. The Kier molecular flexibility index (Phi) is 6.31. The van der Waals surface area contributed by atoms with Crippen molar-refractivity contribution in [2.45, 2.75) is 48.3 Å². The lowest BCUT2D eigenvalue weighted by atomic mass is 9.92. The zero-order valence-electron chi connectivity index (χ0n) is 12.1. The Morgan fingerprint density at radius 1 is 0.448 bits per heavy atom. The number of alkyl halides is 18. The topological polar surface area (TPSA) is 26.3 Å². The van der Waals surface area contributed by atoms with E-state index in [2.05, 4.69) is 0 Å². The molecule has 0 N–H and O–H groups in total. The summed E-state index contributed by atoms with van der Waals surface area (Å²) in [6.45, 7) is 0. The minimum absolute atomic E-state index is 1.22. The van der Waals surface area contributed by atoms with Crippen molar-refractivity contribution >= 4 is 5.78 Å². The van der Waals surface area contributed by atoms with E-state index >= 15 is 0 Å². The fraction of sp³-hybridized carbons (Fsp3) is 0.889. The Morgan fingerprint density at radius 2 is 0.724 bits per heavy atom. The third-order valence-electron chi connectivity index (χ3n) is 2.76. The first-order valence-corrected chi connectivity index (χ1v) is 5.76. The Hall–Kier alpha value is -1.63. The molecule has 0 saturated heterocycles. The number of hydrogen-bond acceptors (Lipinski definition) is 2. The minimum Gasteiger partial charge on any atom is -0.288 e. The van der Waals surface area contributed by atoms with E-state index in [0.717, 1.165) is 0 Å². The molecule has 1 atom stereocenters. The van der Waals surface area contributed by atoms with Crippen LogP contribution in [0.2, 0.25) is 0 Å². The molecule has 1 unspecified atom stereocenters. The number of carbonyl (C=O) groups excluding carboxylic acids is 1. The van der Waals surface area contributed by atoms with Crippen molar-refractivity contribution in [1.82, 2.24) is 0 Å². The van der Waals surface area contributed by atoms with Crippen LogP contribution in [0.5, 0.6) is 0 Å². The van der Waals surface area contributed by atoms with Crippen molar-refractivity contribution in [2.24, 2.45) is 0 Å². The number of carbonyl (C=O) groups is 1. The molecule has 2 nitrogen and oxygen atoms in total. The van der Waals surface area contributed by atoms with Crippen LogP contribution in [0.15, 0.2) is 0 Å². The van der Waals surface area contributed by atoms with Crippen LogP contribution in [0.3, 0.4) is 0 Å². The largest absolute Gasteiger partial charge is 0.458 e. The SMILES string of the molecule is O=C(C(F)(OC(F)(C(F)(F)F)C(F)(F)F)C(F)(F)F)C(F)(C(F)(F)F)C(F)(F)F. The lowest BCUT2D eigenvalue weighted by molar-refractivity contribution is -0.482. The average Bonchev–Trinajstić information content (AvgIpc) is 2.38. The van der Waals surface area contributed by atoms with Gasteiger partial charge in [0.2, 0.25) is 0 Å². The predicted octanol–water partition coefficient (Wildman–Crippen LogP) is 5.42. The Morgan fingerprint density at radius 3 is 0.897 bits per heavy atom. The molecule has 0 aliphatic carbocycles. The Bertz CT molecular complexity index is 588. The average molecular weight is 482 g/mol. The maximum atomic E-state index is 13.6. The van der Waals surface area contributed by atoms with Gasteiger partial charge in [0.15, 0.2) is 0 Å². The summed E-state index contributed by atoms with van der Waals surface area (Å²) in [4.78, 5) is 10.8. The van der Waals surface area contributed by atoms with Gasteiger partial charge in [0, 0.05) is 0 Å². The third-order valence-corrected chi connectivity index (χ3v) is 2.76. The number of rotatable bonds is 4. The molecule has 0 aromatic rings. The summed E-state index contributed by atoms with van der Waals surface area (Å²) in [5.74, 6) is -21.8. The first kappa shape index (κ1) is 27.4. The van der Waals surface area contributed by atoms with E-state index < -0.39 is 54.0 Å². The molecule has 0 fully saturated rings. The van der Waals surface area contributed by atoms with Gasteiger partial charge in [0.25, 0.3) is 5.78 Å². The third kappa shape index (κ3) is 4.16. The van der Waals surface area contributed by atoms with Crippen LogP contribution in [0, 0.1) is 0 Å². The van der Waals surface area contributed by atoms with Crippen LogP contribution < -0.4 is 0 Å². The minimum atomic E-state index is -8.08. The lowest BCUT2D eigenvalue weighted by Crippen LogP contribution is -2.71. The van der Waals surface area contributed by atoms with Crippen LogP contribution in [0.1, 0.15) is 0 Å². The van der Waals surface area contributed by atoms with Gasteiger partial charge < -0.3 is 0 Å². The molecule has 0 aromatic carbocycles. The smallest absolute Gasteiger partial charge is 0.288 e. The highest BCUT2D eigenvalue weighted by molar-refractivity contribution is 5.96. The van der Waals surface area contributed by atoms with Gasteiger partial charge in [-0.15, -0.1) is 0 Å². The van der Waals surface area contributed by atoms with E-state index in [-0.39, 0.29) is 0 Å². The summed E-state index contributed by atoms with van der Waals surface area (Å²) in [7, 11) is 0. The van der Waals surface area contributed by atoms with Crippen LogP contribution in [0.4, 0.5) is 79.0 Å². The second kappa shape index (κ2) is 6.69. The van der Waals surface area contributed by atoms with Crippen molar-refractivity contribution in [3.05, 3.63) is 0 Å². The molecule has 29 heavy (non-hydrogen) atoms. The van der Waals surface area contributed by atoms with Crippen molar-refractivity contribution in [3.8, 4) is 0 Å². The summed E-state index contributed by atoms with van der Waals surface area (Å²) in [5, 5.41) is 0. The molecule has 0 saturated carbocycles. The normalized spacial score (nSPS) is 17.9. The van der Waals surface area contributed by atoms with Gasteiger partial charge in [0.05, 0.1) is 0 Å². The van der Waals surface area contributed by atoms with E-state index in [4.69, 9.17) is 0 Å². The van der Waals surface area contributed by atoms with E-state index in [1.54, 1.807) is 0 Å². The van der Waals surface area contributed by atoms with Crippen LogP contribution >= 0.6 is 0 Å². The molecule has 0 aromatic heterocycles. The summed E-state index contributed by atoms with van der Waals surface area (Å²) < 4.78 is 225. The van der Waals surface area contributed by atoms with Crippen molar-refractivity contribution in [1.29, 1.82) is 0 Å². The quantitative estimate of drug-likeness (QED) is 0.501. The first-order chi connectivity index (χ1) is 12.1. The second-order valence-corrected chi connectivity index (χ2v) is 4.77. The standard InChI is InChI=1S/C9F18O2/c10-2(5(13,14)15,6(16,17)18)1(28)3(11,7(19,20)21)29-4(12,8(22,23)24)9(25,26)27. The molecule has 20 heteroatoms. The molecule has 0 heterocycles. The fourth-order valence-electron chi connectivity index (χ4n) is 1.34. The van der Waals surface area contributed by atoms with Crippen molar-refractivity contribution in [3.63, 3.8) is 0 Å². The number of hydrogen-bond donors (Lipinski definition) is 0. The molecule has 0 bridgehead atoms. The zero-order chi connectivity index (χ0) is 24.3. The van der Waals surface area contributed by atoms with Gasteiger partial charge in [-0.05, 0) is 0 Å². The molecular weight excluding hydrogens is 482 g/mol. The van der Waals surface area contributed by atoms with Gasteiger partial charge in [-0.1, -0.05) is 0 Å². The number of ether oxygens (including phenoxy) is 1. The van der Waals surface area contributed by atoms with E-state index in [0.29, 0.717) is 0 Å². The van der Waals surface area contributed by atoms with Crippen molar-refractivity contribution < 1.29 is 88.6 Å². The Labute approximate surface area is 144 Å². The summed E-state index contributed by atoms with van der Waals surface area (Å²) in [6.07, 6.45) is -39.6. The fourth-order valence-corrected chi connectivity index (χ4v) is 1.34. The number of Topliss-reactive ketones (excluding diaryl/α,β-unsaturated/α-hetero) is 1. The van der Waals surface area contributed by atoms with Gasteiger partial charge in [0.1, 0.15) is 0 Å². The van der Waals surface area contributed by atoms with Gasteiger partial charge in [-0.2, -0.15) is 74.6 Å². The lowest BCUT2D eigenvalue weighted by Gasteiger charge is -2.39. The summed E-state index contributed by atoms with van der Waals surface area (Å²) in [6, 6.07) is 0. The zero-order valence-corrected chi connectivity index (χ0v) is 12.1. The molecule has 174 valence electrons. The highest BCUT2D eigenvalue weighted by Gasteiger charge is 2.88. The molecule has 0 aliphatic heterocycles. The van der Waals surface area contributed by atoms with Gasteiger partial charge >= 0.3 is 48.3 Å². The van der Waals surface area contributed by atoms with Gasteiger partial charge in [-0.25, -0.2) is 4.39 Å². The molecule has 0 spiro atoms. The highest BCUT2D eigenvalue weighted by atomic mass is 19.4. The molecule has 0 rings (SSSR count). The molecule has 0 radical (unpaired) electrons. The van der Waals surface area contributed by atoms with Crippen LogP contribution in [-0.4, -0.2) is 54.0 Å². The summed E-state index contributed by atoms with van der Waals surface area (Å²) in [5.41, 5.74) is -8.07. The highest BCUT2D eigenvalue weighted by Crippen LogP contribution is 2.56. The summed E-state index contributed by atoms with van der Waals surface area (Å²) >= 11 is 0. The van der Waals surface area contributed by atoms with E-state index in [1.807, 2.05) is 0 Å². The van der Waals surface area contributed by atoms with E-state index in [9.17, 15) is 83.8 Å². The first-order valence-electron chi connectivity index (χ1n) is 5.76. The maximum absolute atomic E-state index is 13.6. The molecular formula is C9F18O2. The van der Waals surface area contributed by atoms with Crippen LogP contribution in [0.25, 0.3) is 0 Å². The number of halogens is 18. The van der Waals surface area contributed by atoms with Crippen molar-refractivity contribution in [2.75, 3.05) is 0 Å². The Balaban J connectivity index is 7.05. The van der Waals surface area contributed by atoms with Gasteiger partial charge in [-0.3, -0.25) is 9.53 Å². The maximum Gasteiger partial charge on any atom is 0.458 e. The second-order valence-electron chi connectivity index (χ2n) is 4.77. The monoisotopic (exact) mass is 482 g/mol. The molecule has 0 aliphatic rings. The van der Waals surface area contributed by atoms with Crippen LogP contribution in [-0.2, 0) is 9.53 Å². The number of ketones is 1. The van der Waals surface area contributed by atoms with E-state index in [1.165, 1.54) is 4.74 Å². The molecule has 0 amide bonds.